The van der Waals surface area contributed by atoms with E-state index in [1.165, 1.54) is 50.5 Å². The van der Waals surface area contributed by atoms with Gasteiger partial charge in [0.1, 0.15) is 17.3 Å². The molecule has 0 aromatic heterocycles. The minimum Gasteiger partial charge on any atom is -0.492 e. The SMILES string of the molecule is CN(C)S(=O)(=O)c1ccc(OCCN2C(=O)c3ccccc3S2(=O)=O)cc1. The maximum atomic E-state index is 12.4. The second kappa shape index (κ2) is 6.95. The standard InChI is InChI=1S/C17H18N2O6S2/c1-18(2)26(21,22)14-9-7-13(8-10-14)25-12-11-19-17(20)15-5-3-4-6-16(15)27(19,23)24/h3-10H,11-12H2,1-2H3. The molecule has 0 aliphatic carbocycles. The Bertz CT molecular complexity index is 1080. The van der Waals surface area contributed by atoms with E-state index in [2.05, 4.69) is 0 Å². The van der Waals surface area contributed by atoms with E-state index in [0.29, 0.717) is 5.75 Å². The lowest BCUT2D eigenvalue weighted by atomic mass is 10.2. The van der Waals surface area contributed by atoms with E-state index in [1.54, 1.807) is 12.1 Å². The number of rotatable bonds is 6. The monoisotopic (exact) mass is 410 g/mol. The molecule has 0 fully saturated rings. The van der Waals surface area contributed by atoms with E-state index in [0.717, 1.165) is 8.61 Å². The molecule has 0 atom stereocenters. The highest BCUT2D eigenvalue weighted by molar-refractivity contribution is 7.90. The second-order valence-electron chi connectivity index (χ2n) is 5.99. The normalized spacial score (nSPS) is 15.8. The molecule has 1 aliphatic rings. The zero-order chi connectivity index (χ0) is 19.8. The molecule has 1 aliphatic heterocycles. The number of carbonyl (C=O) groups is 1. The van der Waals surface area contributed by atoms with Gasteiger partial charge in [-0.15, -0.1) is 0 Å². The van der Waals surface area contributed by atoms with Gasteiger partial charge in [-0.25, -0.2) is 25.4 Å². The van der Waals surface area contributed by atoms with Gasteiger partial charge < -0.3 is 4.74 Å². The zero-order valence-corrected chi connectivity index (χ0v) is 16.3. The summed E-state index contributed by atoms with van der Waals surface area (Å²) in [6.45, 7) is -0.202. The third-order valence-corrected chi connectivity index (χ3v) is 7.75. The van der Waals surface area contributed by atoms with E-state index in [1.807, 2.05) is 0 Å². The summed E-state index contributed by atoms with van der Waals surface area (Å²) in [7, 11) is -4.53. The van der Waals surface area contributed by atoms with Crippen molar-refractivity contribution in [1.82, 2.24) is 8.61 Å². The molecule has 0 unspecified atom stereocenters. The minimum absolute atomic E-state index is 0.00625. The van der Waals surface area contributed by atoms with E-state index in [-0.39, 0.29) is 28.5 Å². The summed E-state index contributed by atoms with van der Waals surface area (Å²) in [4.78, 5) is 12.4. The van der Waals surface area contributed by atoms with Crippen LogP contribution in [-0.4, -0.2) is 58.6 Å². The smallest absolute Gasteiger partial charge is 0.269 e. The highest BCUT2D eigenvalue weighted by atomic mass is 32.2. The van der Waals surface area contributed by atoms with Crippen LogP contribution in [0, 0.1) is 0 Å². The van der Waals surface area contributed by atoms with Gasteiger partial charge in [-0.2, -0.15) is 0 Å². The van der Waals surface area contributed by atoms with Gasteiger partial charge in [-0.05, 0) is 36.4 Å². The van der Waals surface area contributed by atoms with Crippen LogP contribution in [0.15, 0.2) is 58.3 Å². The van der Waals surface area contributed by atoms with Crippen molar-refractivity contribution < 1.29 is 26.4 Å². The number of carbonyl (C=O) groups excluding carboxylic acids is 1. The summed E-state index contributed by atoms with van der Waals surface area (Å²) in [5, 5.41) is 0. The summed E-state index contributed by atoms with van der Waals surface area (Å²) in [6, 6.07) is 11.8. The topological polar surface area (TPSA) is 101 Å². The molecule has 8 nitrogen and oxygen atoms in total. The summed E-state index contributed by atoms with van der Waals surface area (Å²) >= 11 is 0. The zero-order valence-electron chi connectivity index (χ0n) is 14.7. The lowest BCUT2D eigenvalue weighted by Gasteiger charge is -2.16. The molecule has 144 valence electrons. The number of sulfonamides is 2. The van der Waals surface area contributed by atoms with Crippen LogP contribution in [0.5, 0.6) is 5.75 Å². The van der Waals surface area contributed by atoms with Crippen molar-refractivity contribution in [2.45, 2.75) is 9.79 Å². The number of benzene rings is 2. The average molecular weight is 410 g/mol. The summed E-state index contributed by atoms with van der Waals surface area (Å²) < 4.78 is 56.3. The fourth-order valence-corrected chi connectivity index (χ4v) is 5.07. The first kappa shape index (κ1) is 19.3. The van der Waals surface area contributed by atoms with E-state index >= 15 is 0 Å². The maximum absolute atomic E-state index is 12.4. The Labute approximate surface area is 158 Å². The third kappa shape index (κ3) is 3.43. The lowest BCUT2D eigenvalue weighted by molar-refractivity contribution is 0.0857. The predicted octanol–water partition coefficient (Wildman–Crippen LogP) is 1.16. The Kier molecular flexibility index (Phi) is 4.98. The first-order chi connectivity index (χ1) is 12.7. The molecule has 0 N–H and O–H groups in total. The molecule has 1 amide bonds. The predicted molar refractivity (Wildman–Crippen MR) is 97.5 cm³/mol. The molecule has 0 spiro atoms. The molecular weight excluding hydrogens is 392 g/mol. The fraction of sp³-hybridized carbons (Fsp3) is 0.235. The maximum Gasteiger partial charge on any atom is 0.269 e. The van der Waals surface area contributed by atoms with E-state index in [9.17, 15) is 21.6 Å². The van der Waals surface area contributed by atoms with Crippen molar-refractivity contribution in [3.8, 4) is 5.75 Å². The Morgan fingerprint density at radius 1 is 1.04 bits per heavy atom. The van der Waals surface area contributed by atoms with E-state index < -0.39 is 26.0 Å². The van der Waals surface area contributed by atoms with Crippen LogP contribution in [0.2, 0.25) is 0 Å². The van der Waals surface area contributed by atoms with Crippen molar-refractivity contribution in [3.63, 3.8) is 0 Å². The van der Waals surface area contributed by atoms with Crippen LogP contribution < -0.4 is 4.74 Å². The number of hydrogen-bond acceptors (Lipinski definition) is 6. The van der Waals surface area contributed by atoms with Crippen molar-refractivity contribution in [3.05, 3.63) is 54.1 Å². The number of nitrogens with zero attached hydrogens (tertiary/aromatic N) is 2. The molecule has 1 heterocycles. The molecule has 10 heteroatoms. The number of amides is 1. The third-order valence-electron chi connectivity index (χ3n) is 4.08. The quantitative estimate of drug-likeness (QED) is 0.708. The van der Waals surface area contributed by atoms with Crippen molar-refractivity contribution in [1.29, 1.82) is 0 Å². The van der Waals surface area contributed by atoms with E-state index in [4.69, 9.17) is 4.74 Å². The van der Waals surface area contributed by atoms with Gasteiger partial charge in [0.15, 0.2) is 0 Å². The van der Waals surface area contributed by atoms with Crippen molar-refractivity contribution >= 4 is 26.0 Å². The lowest BCUT2D eigenvalue weighted by Crippen LogP contribution is -2.33. The Morgan fingerprint density at radius 3 is 2.26 bits per heavy atom. The summed E-state index contributed by atoms with van der Waals surface area (Å²) in [5.74, 6) is -0.212. The number of ether oxygens (including phenoxy) is 1. The van der Waals surface area contributed by atoms with Gasteiger partial charge in [0.2, 0.25) is 10.0 Å². The number of fused-ring (bicyclic) bond motifs is 1. The van der Waals surface area contributed by atoms with Gasteiger partial charge >= 0.3 is 0 Å². The van der Waals surface area contributed by atoms with Gasteiger partial charge in [0.05, 0.1) is 17.0 Å². The fourth-order valence-electron chi connectivity index (χ4n) is 2.62. The Morgan fingerprint density at radius 2 is 1.67 bits per heavy atom. The molecular formula is C17H18N2O6S2. The first-order valence-corrected chi connectivity index (χ1v) is 10.9. The molecule has 3 rings (SSSR count). The molecule has 0 bridgehead atoms. The van der Waals surface area contributed by atoms with Crippen LogP contribution in [-0.2, 0) is 20.0 Å². The molecule has 2 aromatic rings. The van der Waals surface area contributed by atoms with Gasteiger partial charge in [0, 0.05) is 14.1 Å². The van der Waals surface area contributed by atoms with Crippen LogP contribution in [0.3, 0.4) is 0 Å². The van der Waals surface area contributed by atoms with Crippen molar-refractivity contribution in [2.24, 2.45) is 0 Å². The second-order valence-corrected chi connectivity index (χ2v) is 9.97. The Balaban J connectivity index is 1.67. The molecule has 0 saturated heterocycles. The first-order valence-electron chi connectivity index (χ1n) is 7.97. The van der Waals surface area contributed by atoms with Gasteiger partial charge in [-0.1, -0.05) is 12.1 Å². The molecule has 0 radical (unpaired) electrons. The van der Waals surface area contributed by atoms with Crippen LogP contribution in [0.1, 0.15) is 10.4 Å². The van der Waals surface area contributed by atoms with Gasteiger partial charge in [-0.3, -0.25) is 4.79 Å². The van der Waals surface area contributed by atoms with Crippen LogP contribution >= 0.6 is 0 Å². The number of hydrogen-bond donors (Lipinski definition) is 0. The Hall–Kier alpha value is -2.43. The molecule has 27 heavy (non-hydrogen) atoms. The highest BCUT2D eigenvalue weighted by Gasteiger charge is 2.40. The summed E-state index contributed by atoms with van der Waals surface area (Å²) in [6.07, 6.45) is 0. The highest BCUT2D eigenvalue weighted by Crippen LogP contribution is 2.29. The van der Waals surface area contributed by atoms with Crippen LogP contribution in [0.4, 0.5) is 0 Å². The van der Waals surface area contributed by atoms with Gasteiger partial charge in [0.25, 0.3) is 15.9 Å². The molecule has 0 saturated carbocycles. The van der Waals surface area contributed by atoms with Crippen molar-refractivity contribution in [2.75, 3.05) is 27.2 Å². The van der Waals surface area contributed by atoms with Crippen LogP contribution in [0.25, 0.3) is 0 Å². The largest absolute Gasteiger partial charge is 0.492 e. The average Bonchev–Trinajstić information content (AvgIpc) is 2.83. The summed E-state index contributed by atoms with van der Waals surface area (Å²) in [5.41, 5.74) is 0.149. The molecule has 2 aromatic carbocycles. The minimum atomic E-state index is -3.87.